The molecule has 48 heavy (non-hydrogen) atoms. The predicted molar refractivity (Wildman–Crippen MR) is 212 cm³/mol. The highest BCUT2D eigenvalue weighted by Crippen LogP contribution is 2.42. The van der Waals surface area contributed by atoms with Crippen molar-refractivity contribution in [3.8, 4) is 11.1 Å². The van der Waals surface area contributed by atoms with E-state index in [2.05, 4.69) is 170 Å². The number of benzene rings is 8. The lowest BCUT2D eigenvalue weighted by atomic mass is 9.97. The van der Waals surface area contributed by atoms with Gasteiger partial charge in [0.15, 0.2) is 0 Å². The fourth-order valence-electron chi connectivity index (χ4n) is 7.25. The third kappa shape index (κ3) is 4.53. The molecule has 0 N–H and O–H groups in total. The monoisotopic (exact) mass is 629 g/mol. The summed E-state index contributed by atoms with van der Waals surface area (Å²) in [5, 5.41) is 9.98. The van der Waals surface area contributed by atoms with Gasteiger partial charge in [-0.1, -0.05) is 135 Å². The lowest BCUT2D eigenvalue weighted by Crippen LogP contribution is -2.10. The molecule has 1 aromatic heterocycles. The summed E-state index contributed by atoms with van der Waals surface area (Å²) in [6.07, 6.45) is 3.83. The summed E-state index contributed by atoms with van der Waals surface area (Å²) < 4.78 is 2.65. The molecule has 226 valence electrons. The third-order valence-electron chi connectivity index (χ3n) is 9.59. The van der Waals surface area contributed by atoms with E-state index >= 15 is 0 Å². The number of rotatable bonds is 6. The molecule has 0 spiro atoms. The number of nitrogens with zero attached hydrogens (tertiary/aromatic N) is 1. The molecular formula is C46H31NS. The van der Waals surface area contributed by atoms with Gasteiger partial charge in [0, 0.05) is 37.2 Å². The Bertz CT molecular complexity index is 2710. The molecule has 0 radical (unpaired) electrons. The second kappa shape index (κ2) is 11.4. The average molecular weight is 630 g/mol. The normalized spacial score (nSPS) is 11.5. The molecule has 0 aliphatic rings. The van der Waals surface area contributed by atoms with Gasteiger partial charge in [-0.05, 0) is 97.0 Å². The first-order valence-corrected chi connectivity index (χ1v) is 17.1. The minimum absolute atomic E-state index is 1.09. The Balaban J connectivity index is 1.21. The number of anilines is 3. The van der Waals surface area contributed by atoms with Gasteiger partial charge in [-0.3, -0.25) is 0 Å². The van der Waals surface area contributed by atoms with Crippen molar-refractivity contribution in [2.45, 2.75) is 0 Å². The Morgan fingerprint density at radius 1 is 0.458 bits per heavy atom. The van der Waals surface area contributed by atoms with E-state index in [-0.39, 0.29) is 0 Å². The number of thiophene rings is 1. The highest BCUT2D eigenvalue weighted by atomic mass is 32.1. The van der Waals surface area contributed by atoms with Crippen LogP contribution in [0, 0.1) is 0 Å². The summed E-state index contributed by atoms with van der Waals surface area (Å²) in [6, 6.07) is 55.4. The van der Waals surface area contributed by atoms with Gasteiger partial charge in [-0.15, -0.1) is 11.3 Å². The van der Waals surface area contributed by atoms with Gasteiger partial charge in [0.1, 0.15) is 0 Å². The molecule has 8 aromatic carbocycles. The van der Waals surface area contributed by atoms with E-state index in [1.807, 2.05) is 23.5 Å². The fourth-order valence-corrected chi connectivity index (χ4v) is 8.49. The second-order valence-electron chi connectivity index (χ2n) is 12.2. The Morgan fingerprint density at radius 3 is 1.88 bits per heavy atom. The molecular weight excluding hydrogens is 599 g/mol. The van der Waals surface area contributed by atoms with E-state index in [1.54, 1.807) is 0 Å². The minimum atomic E-state index is 1.09. The van der Waals surface area contributed by atoms with E-state index in [0.717, 1.165) is 33.6 Å². The predicted octanol–water partition coefficient (Wildman–Crippen LogP) is 13.9. The van der Waals surface area contributed by atoms with Crippen molar-refractivity contribution in [3.05, 3.63) is 176 Å². The molecule has 0 bridgehead atoms. The van der Waals surface area contributed by atoms with Crippen LogP contribution in [0.3, 0.4) is 0 Å². The zero-order valence-corrected chi connectivity index (χ0v) is 27.2. The van der Waals surface area contributed by atoms with Crippen molar-refractivity contribution < 1.29 is 0 Å². The summed E-state index contributed by atoms with van der Waals surface area (Å²) in [5.41, 5.74) is 8.00. The first-order valence-electron chi connectivity index (χ1n) is 16.2. The van der Waals surface area contributed by atoms with Crippen LogP contribution in [0.4, 0.5) is 17.1 Å². The van der Waals surface area contributed by atoms with Gasteiger partial charge in [0.05, 0.1) is 0 Å². The first kappa shape index (κ1) is 28.3. The highest BCUT2D eigenvalue weighted by molar-refractivity contribution is 7.26. The van der Waals surface area contributed by atoms with Gasteiger partial charge >= 0.3 is 0 Å². The summed E-state index contributed by atoms with van der Waals surface area (Å²) in [4.78, 5) is 2.37. The zero-order chi connectivity index (χ0) is 32.2. The molecule has 9 aromatic rings. The molecule has 0 fully saturated rings. The lowest BCUT2D eigenvalue weighted by molar-refractivity contribution is 1.29. The Hall–Kier alpha value is -5.96. The summed E-state index contributed by atoms with van der Waals surface area (Å²) >= 11 is 1.87. The molecule has 0 atom stereocenters. The zero-order valence-electron chi connectivity index (χ0n) is 26.4. The Labute approximate surface area is 283 Å². The van der Waals surface area contributed by atoms with Gasteiger partial charge in [0.2, 0.25) is 0 Å². The minimum Gasteiger partial charge on any atom is -0.310 e. The van der Waals surface area contributed by atoms with Crippen LogP contribution in [0.1, 0.15) is 11.1 Å². The van der Waals surface area contributed by atoms with Gasteiger partial charge < -0.3 is 4.90 Å². The third-order valence-corrected chi connectivity index (χ3v) is 10.8. The van der Waals surface area contributed by atoms with Gasteiger partial charge in [0.25, 0.3) is 0 Å². The van der Waals surface area contributed by atoms with Crippen LogP contribution >= 0.6 is 11.3 Å². The lowest BCUT2D eigenvalue weighted by Gasteiger charge is -2.27. The van der Waals surface area contributed by atoms with Crippen molar-refractivity contribution in [1.82, 2.24) is 0 Å². The SMILES string of the molecule is C=Cc1ccc2cc(N(c3ccc(-c4cccc5c4sc4ccccc45)cc3)c3ccc4c(ccc5ccccc54)c3)ccc2c1C=C. The van der Waals surface area contributed by atoms with Crippen LogP contribution in [0.25, 0.3) is 75.8 Å². The topological polar surface area (TPSA) is 3.24 Å². The molecule has 1 nitrogen and oxygen atoms in total. The maximum atomic E-state index is 4.10. The molecule has 9 rings (SSSR count). The van der Waals surface area contributed by atoms with Gasteiger partial charge in [-0.25, -0.2) is 0 Å². The van der Waals surface area contributed by atoms with Crippen LogP contribution in [0.2, 0.25) is 0 Å². The second-order valence-corrected chi connectivity index (χ2v) is 13.3. The molecule has 0 saturated carbocycles. The largest absolute Gasteiger partial charge is 0.310 e. The molecule has 0 unspecified atom stereocenters. The van der Waals surface area contributed by atoms with Crippen molar-refractivity contribution in [2.75, 3.05) is 4.90 Å². The van der Waals surface area contributed by atoms with E-state index < -0.39 is 0 Å². The van der Waals surface area contributed by atoms with E-state index in [9.17, 15) is 0 Å². The van der Waals surface area contributed by atoms with Crippen LogP contribution in [-0.2, 0) is 0 Å². The highest BCUT2D eigenvalue weighted by Gasteiger charge is 2.17. The molecule has 2 heteroatoms. The Morgan fingerprint density at radius 2 is 1.08 bits per heavy atom. The van der Waals surface area contributed by atoms with Crippen molar-refractivity contribution in [2.24, 2.45) is 0 Å². The smallest absolute Gasteiger partial charge is 0.0468 e. The number of fused-ring (bicyclic) bond motifs is 7. The quantitative estimate of drug-likeness (QED) is 0.165. The van der Waals surface area contributed by atoms with E-state index in [4.69, 9.17) is 0 Å². The standard InChI is InChI=1S/C46H31NS/c1-3-30-16-18-33-28-36(24-26-40(33)38(30)4-2)47(37-25-27-41-34(29-37)19-17-31-10-5-6-11-39(31)41)35-22-20-32(21-23-35)42-13-9-14-44-43-12-7-8-15-45(43)48-46(42)44/h3-29H,1-2H2. The molecule has 0 aliphatic heterocycles. The van der Waals surface area contributed by atoms with Crippen LogP contribution < -0.4 is 4.90 Å². The van der Waals surface area contributed by atoms with Crippen molar-refractivity contribution >= 4 is 93.0 Å². The number of hydrogen-bond donors (Lipinski definition) is 0. The molecule has 0 saturated heterocycles. The molecule has 0 aliphatic carbocycles. The van der Waals surface area contributed by atoms with Crippen molar-refractivity contribution in [3.63, 3.8) is 0 Å². The number of hydrogen-bond acceptors (Lipinski definition) is 2. The Kier molecular flexibility index (Phi) is 6.70. The maximum Gasteiger partial charge on any atom is 0.0468 e. The van der Waals surface area contributed by atoms with Crippen molar-refractivity contribution in [1.29, 1.82) is 0 Å². The summed E-state index contributed by atoms with van der Waals surface area (Å²) in [5.74, 6) is 0. The summed E-state index contributed by atoms with van der Waals surface area (Å²) in [6.45, 7) is 8.12. The van der Waals surface area contributed by atoms with Crippen LogP contribution in [0.5, 0.6) is 0 Å². The fraction of sp³-hybridized carbons (Fsp3) is 0. The van der Waals surface area contributed by atoms with Crippen LogP contribution in [-0.4, -0.2) is 0 Å². The summed E-state index contributed by atoms with van der Waals surface area (Å²) in [7, 11) is 0. The van der Waals surface area contributed by atoms with Gasteiger partial charge in [-0.2, -0.15) is 0 Å². The average Bonchev–Trinajstić information content (AvgIpc) is 3.53. The van der Waals surface area contributed by atoms with E-state index in [0.29, 0.717) is 0 Å². The molecule has 0 amide bonds. The van der Waals surface area contributed by atoms with E-state index in [1.165, 1.54) is 58.2 Å². The molecule has 1 heterocycles. The van der Waals surface area contributed by atoms with Crippen LogP contribution in [0.15, 0.2) is 165 Å². The maximum absolute atomic E-state index is 4.10. The first-order chi connectivity index (χ1) is 23.7.